The summed E-state index contributed by atoms with van der Waals surface area (Å²) in [5.41, 5.74) is 6.00. The van der Waals surface area contributed by atoms with Crippen LogP contribution in [-0.2, 0) is 4.79 Å². The molecule has 0 aliphatic carbocycles. The molecular formula is C28H32N4O4. The summed E-state index contributed by atoms with van der Waals surface area (Å²) in [7, 11) is 5.06. The smallest absolute Gasteiger partial charge is 0.256 e. The number of nitrogens with one attached hydrogen (secondary N) is 3. The molecule has 2 aromatic carbocycles. The lowest BCUT2D eigenvalue weighted by molar-refractivity contribution is -0.110. The van der Waals surface area contributed by atoms with Crippen molar-refractivity contribution in [2.24, 2.45) is 0 Å². The van der Waals surface area contributed by atoms with E-state index >= 15 is 0 Å². The van der Waals surface area contributed by atoms with E-state index in [1.807, 2.05) is 63.4 Å². The Balaban J connectivity index is 1.75. The Kier molecular flexibility index (Phi) is 7.45. The van der Waals surface area contributed by atoms with Gasteiger partial charge in [0.1, 0.15) is 0 Å². The molecule has 1 aliphatic heterocycles. The third kappa shape index (κ3) is 4.59. The van der Waals surface area contributed by atoms with Crippen LogP contribution >= 0.6 is 0 Å². The SMILES string of the molecule is CCN(CCNC)C(=O)c1c[nH]c(/C=C2\C(=O)Nc3cccc(-c4ccc(OC)c(OC)c4)c32)c1C. The lowest BCUT2D eigenvalue weighted by Gasteiger charge is -2.20. The van der Waals surface area contributed by atoms with Gasteiger partial charge in [0.15, 0.2) is 11.5 Å². The summed E-state index contributed by atoms with van der Waals surface area (Å²) in [6.45, 7) is 5.82. The molecule has 1 aliphatic rings. The Hall–Kier alpha value is -4.04. The molecule has 2 amide bonds. The maximum Gasteiger partial charge on any atom is 0.256 e. The van der Waals surface area contributed by atoms with Gasteiger partial charge in [0.2, 0.25) is 0 Å². The van der Waals surface area contributed by atoms with Crippen LogP contribution in [0.5, 0.6) is 11.5 Å². The Morgan fingerprint density at radius 2 is 1.92 bits per heavy atom. The van der Waals surface area contributed by atoms with Crippen LogP contribution in [0.4, 0.5) is 5.69 Å². The molecule has 2 heterocycles. The molecule has 188 valence electrons. The number of carbonyl (C=O) groups is 2. The number of benzene rings is 2. The molecule has 0 radical (unpaired) electrons. The van der Waals surface area contributed by atoms with Gasteiger partial charge < -0.3 is 30.0 Å². The summed E-state index contributed by atoms with van der Waals surface area (Å²) in [6.07, 6.45) is 3.54. The number of aromatic amines is 1. The van der Waals surface area contributed by atoms with Gasteiger partial charge in [-0.25, -0.2) is 0 Å². The highest BCUT2D eigenvalue weighted by Crippen LogP contribution is 2.42. The normalized spacial score (nSPS) is 13.5. The van der Waals surface area contributed by atoms with Crippen LogP contribution in [0.1, 0.15) is 34.1 Å². The predicted octanol–water partition coefficient (Wildman–Crippen LogP) is 4.18. The molecule has 0 fully saturated rings. The number of carbonyl (C=O) groups excluding carboxylic acids is 2. The lowest BCUT2D eigenvalue weighted by Crippen LogP contribution is -2.36. The number of methoxy groups -OCH3 is 2. The summed E-state index contributed by atoms with van der Waals surface area (Å²) in [5.74, 6) is 1.02. The van der Waals surface area contributed by atoms with Gasteiger partial charge in [0.25, 0.3) is 11.8 Å². The first-order valence-corrected chi connectivity index (χ1v) is 11.9. The van der Waals surface area contributed by atoms with Gasteiger partial charge in [0, 0.05) is 42.8 Å². The fourth-order valence-electron chi connectivity index (χ4n) is 4.48. The van der Waals surface area contributed by atoms with Crippen molar-refractivity contribution < 1.29 is 19.1 Å². The van der Waals surface area contributed by atoms with E-state index in [0.29, 0.717) is 35.7 Å². The first-order chi connectivity index (χ1) is 17.4. The maximum absolute atomic E-state index is 13.1. The van der Waals surface area contributed by atoms with Crippen molar-refractivity contribution in [3.63, 3.8) is 0 Å². The summed E-state index contributed by atoms with van der Waals surface area (Å²) >= 11 is 0. The van der Waals surface area contributed by atoms with Crippen molar-refractivity contribution in [3.05, 3.63) is 65.0 Å². The zero-order valence-corrected chi connectivity index (χ0v) is 21.3. The molecule has 0 spiro atoms. The zero-order valence-electron chi connectivity index (χ0n) is 21.3. The van der Waals surface area contributed by atoms with Gasteiger partial charge in [-0.3, -0.25) is 9.59 Å². The van der Waals surface area contributed by atoms with E-state index < -0.39 is 0 Å². The average Bonchev–Trinajstić information content (AvgIpc) is 3.42. The predicted molar refractivity (Wildman–Crippen MR) is 143 cm³/mol. The second kappa shape index (κ2) is 10.7. The molecule has 4 rings (SSSR count). The van der Waals surface area contributed by atoms with Crippen molar-refractivity contribution in [2.75, 3.05) is 46.2 Å². The van der Waals surface area contributed by atoms with Gasteiger partial charge in [-0.05, 0) is 61.9 Å². The van der Waals surface area contributed by atoms with Gasteiger partial charge >= 0.3 is 0 Å². The van der Waals surface area contributed by atoms with Gasteiger partial charge in [-0.1, -0.05) is 18.2 Å². The second-order valence-electron chi connectivity index (χ2n) is 8.54. The largest absolute Gasteiger partial charge is 0.493 e. The number of likely N-dealkylation sites (N-methyl/N-ethyl adjacent to an activating group) is 2. The standard InChI is InChI=1S/C28H32N4O4/c1-6-32(13-12-29-3)28(34)21-16-30-23(17(21)2)15-20-26-19(8-7-9-22(26)31-27(20)33)18-10-11-24(35-4)25(14-18)36-5/h7-11,14-16,29-30H,6,12-13H2,1-5H3,(H,31,33)/b20-15-. The highest BCUT2D eigenvalue weighted by Gasteiger charge is 2.28. The Morgan fingerprint density at radius 3 is 2.61 bits per heavy atom. The number of hydrogen-bond donors (Lipinski definition) is 3. The Morgan fingerprint density at radius 1 is 1.14 bits per heavy atom. The maximum atomic E-state index is 13.1. The van der Waals surface area contributed by atoms with Crippen LogP contribution in [0.3, 0.4) is 0 Å². The third-order valence-electron chi connectivity index (χ3n) is 6.52. The number of aromatic nitrogens is 1. The van der Waals surface area contributed by atoms with E-state index in [1.165, 1.54) is 0 Å². The van der Waals surface area contributed by atoms with Crippen LogP contribution in [0.25, 0.3) is 22.8 Å². The summed E-state index contributed by atoms with van der Waals surface area (Å²) in [5, 5.41) is 6.05. The van der Waals surface area contributed by atoms with Crippen molar-refractivity contribution in [3.8, 4) is 22.6 Å². The van der Waals surface area contributed by atoms with Crippen molar-refractivity contribution in [1.29, 1.82) is 0 Å². The minimum atomic E-state index is -0.191. The fraction of sp³-hybridized carbons (Fsp3) is 0.286. The monoisotopic (exact) mass is 488 g/mol. The fourth-order valence-corrected chi connectivity index (χ4v) is 4.48. The highest BCUT2D eigenvalue weighted by molar-refractivity contribution is 6.36. The first kappa shape index (κ1) is 25.1. The number of amides is 2. The second-order valence-corrected chi connectivity index (χ2v) is 8.54. The molecule has 0 saturated carbocycles. The molecule has 36 heavy (non-hydrogen) atoms. The number of rotatable bonds is 9. The minimum Gasteiger partial charge on any atom is -0.493 e. The van der Waals surface area contributed by atoms with Crippen molar-refractivity contribution in [2.45, 2.75) is 13.8 Å². The number of nitrogens with zero attached hydrogens (tertiary/aromatic N) is 1. The van der Waals surface area contributed by atoms with E-state index in [9.17, 15) is 9.59 Å². The van der Waals surface area contributed by atoms with Crippen LogP contribution in [0, 0.1) is 6.92 Å². The molecular weight excluding hydrogens is 456 g/mol. The Labute approximate surface area is 211 Å². The quantitative estimate of drug-likeness (QED) is 0.393. The number of ether oxygens (including phenoxy) is 2. The summed E-state index contributed by atoms with van der Waals surface area (Å²) < 4.78 is 10.9. The van der Waals surface area contributed by atoms with E-state index in [2.05, 4.69) is 15.6 Å². The van der Waals surface area contributed by atoms with Crippen LogP contribution in [0.15, 0.2) is 42.6 Å². The van der Waals surface area contributed by atoms with Crippen molar-refractivity contribution >= 4 is 29.2 Å². The van der Waals surface area contributed by atoms with Crippen LogP contribution in [-0.4, -0.2) is 62.6 Å². The number of anilines is 1. The summed E-state index contributed by atoms with van der Waals surface area (Å²) in [4.78, 5) is 31.2. The molecule has 3 N–H and O–H groups in total. The molecule has 0 unspecified atom stereocenters. The molecule has 0 atom stereocenters. The zero-order chi connectivity index (χ0) is 25.8. The molecule has 1 aromatic heterocycles. The number of fused-ring (bicyclic) bond motifs is 1. The number of hydrogen-bond acceptors (Lipinski definition) is 5. The van der Waals surface area contributed by atoms with Gasteiger partial charge in [-0.15, -0.1) is 0 Å². The molecule has 0 saturated heterocycles. The van der Waals surface area contributed by atoms with E-state index in [0.717, 1.165) is 40.2 Å². The Bertz CT molecular complexity index is 1330. The number of H-pyrrole nitrogens is 1. The van der Waals surface area contributed by atoms with Gasteiger partial charge in [0.05, 0.1) is 25.4 Å². The van der Waals surface area contributed by atoms with Crippen LogP contribution < -0.4 is 20.1 Å². The first-order valence-electron chi connectivity index (χ1n) is 11.9. The highest BCUT2D eigenvalue weighted by atomic mass is 16.5. The van der Waals surface area contributed by atoms with Gasteiger partial charge in [-0.2, -0.15) is 0 Å². The van der Waals surface area contributed by atoms with Crippen molar-refractivity contribution in [1.82, 2.24) is 15.2 Å². The molecule has 8 nitrogen and oxygen atoms in total. The lowest BCUT2D eigenvalue weighted by atomic mass is 9.94. The van der Waals surface area contributed by atoms with E-state index in [1.54, 1.807) is 25.3 Å². The molecule has 3 aromatic rings. The van der Waals surface area contributed by atoms with E-state index in [4.69, 9.17) is 9.47 Å². The molecule has 8 heteroatoms. The third-order valence-corrected chi connectivity index (χ3v) is 6.52. The van der Waals surface area contributed by atoms with Crippen LogP contribution in [0.2, 0.25) is 0 Å². The molecule has 0 bridgehead atoms. The minimum absolute atomic E-state index is 0.0339. The topological polar surface area (TPSA) is 95.7 Å². The van der Waals surface area contributed by atoms with E-state index in [-0.39, 0.29) is 11.8 Å². The summed E-state index contributed by atoms with van der Waals surface area (Å²) in [6, 6.07) is 11.5. The average molecular weight is 489 g/mol.